The van der Waals surface area contributed by atoms with Gasteiger partial charge in [0, 0.05) is 18.9 Å². The van der Waals surface area contributed by atoms with Crippen molar-refractivity contribution in [1.82, 2.24) is 9.97 Å². The van der Waals surface area contributed by atoms with Crippen molar-refractivity contribution in [2.75, 3.05) is 25.7 Å². The summed E-state index contributed by atoms with van der Waals surface area (Å²) in [5, 5.41) is 0. The van der Waals surface area contributed by atoms with Crippen molar-refractivity contribution in [1.29, 1.82) is 0 Å². The Hall–Kier alpha value is -2.51. The quantitative estimate of drug-likeness (QED) is 0.687. The molecule has 0 aliphatic carbocycles. The summed E-state index contributed by atoms with van der Waals surface area (Å²) in [6.45, 7) is 2.67. The Morgan fingerprint density at radius 1 is 1.16 bits per heavy atom. The van der Waals surface area contributed by atoms with Gasteiger partial charge in [-0.25, -0.2) is 4.98 Å². The van der Waals surface area contributed by atoms with Crippen molar-refractivity contribution >= 4 is 11.5 Å². The van der Waals surface area contributed by atoms with Gasteiger partial charge < -0.3 is 14.4 Å². The number of aromatic nitrogens is 2. The van der Waals surface area contributed by atoms with Crippen LogP contribution < -0.4 is 14.4 Å². The van der Waals surface area contributed by atoms with Crippen molar-refractivity contribution in [3.05, 3.63) is 36.0 Å². The van der Waals surface area contributed by atoms with E-state index in [4.69, 9.17) is 9.47 Å². The Labute approximate surface area is 144 Å². The van der Waals surface area contributed by atoms with Gasteiger partial charge in [0.1, 0.15) is 11.3 Å². The molecule has 136 valence electrons. The van der Waals surface area contributed by atoms with E-state index in [0.29, 0.717) is 18.0 Å². The van der Waals surface area contributed by atoms with Crippen LogP contribution in [0.3, 0.4) is 0 Å². The molecule has 0 unspecified atom stereocenters. The lowest BCUT2D eigenvalue weighted by Gasteiger charge is -2.22. The Morgan fingerprint density at radius 3 is 2.40 bits per heavy atom. The zero-order valence-electron chi connectivity index (χ0n) is 14.3. The average Bonchev–Trinajstić information content (AvgIpc) is 2.60. The molecule has 5 nitrogen and oxygen atoms in total. The SMILES string of the molecule is CCCCOc1ccc(N(C)c2nc(OC)ncc2C(F)(F)F)cc1. The minimum atomic E-state index is -4.57. The highest BCUT2D eigenvalue weighted by Crippen LogP contribution is 2.37. The van der Waals surface area contributed by atoms with E-state index in [0.717, 1.165) is 19.0 Å². The molecule has 0 aliphatic heterocycles. The molecular weight excluding hydrogens is 335 g/mol. The van der Waals surface area contributed by atoms with Gasteiger partial charge in [0.05, 0.1) is 13.7 Å². The summed E-state index contributed by atoms with van der Waals surface area (Å²) < 4.78 is 50.1. The third kappa shape index (κ3) is 4.74. The molecule has 0 N–H and O–H groups in total. The molecule has 0 aliphatic rings. The third-order valence-corrected chi connectivity index (χ3v) is 3.54. The molecule has 1 heterocycles. The van der Waals surface area contributed by atoms with Gasteiger partial charge in [-0.1, -0.05) is 13.3 Å². The summed E-state index contributed by atoms with van der Waals surface area (Å²) in [5.41, 5.74) is -0.395. The maximum atomic E-state index is 13.2. The molecule has 0 atom stereocenters. The zero-order chi connectivity index (χ0) is 18.4. The Kier molecular flexibility index (Phi) is 6.06. The second-order valence-corrected chi connectivity index (χ2v) is 5.35. The third-order valence-electron chi connectivity index (χ3n) is 3.54. The van der Waals surface area contributed by atoms with Crippen LogP contribution in [-0.2, 0) is 6.18 Å². The van der Waals surface area contributed by atoms with Crippen LogP contribution in [0.4, 0.5) is 24.7 Å². The molecule has 0 bridgehead atoms. The number of nitrogens with zero attached hydrogens (tertiary/aromatic N) is 3. The maximum absolute atomic E-state index is 13.2. The number of ether oxygens (including phenoxy) is 2. The van der Waals surface area contributed by atoms with Crippen LogP contribution >= 0.6 is 0 Å². The van der Waals surface area contributed by atoms with Crippen LogP contribution in [-0.4, -0.2) is 30.7 Å². The second kappa shape index (κ2) is 8.04. The summed E-state index contributed by atoms with van der Waals surface area (Å²) in [6.07, 6.45) is -1.88. The van der Waals surface area contributed by atoms with Crippen LogP contribution in [0.5, 0.6) is 11.8 Å². The van der Waals surface area contributed by atoms with E-state index in [1.54, 1.807) is 24.3 Å². The maximum Gasteiger partial charge on any atom is 0.421 e. The van der Waals surface area contributed by atoms with Crippen LogP contribution in [0.2, 0.25) is 0 Å². The second-order valence-electron chi connectivity index (χ2n) is 5.35. The van der Waals surface area contributed by atoms with Crippen molar-refractivity contribution in [2.45, 2.75) is 25.9 Å². The first kappa shape index (κ1) is 18.8. The van der Waals surface area contributed by atoms with E-state index in [9.17, 15) is 13.2 Å². The Bertz CT molecular complexity index is 691. The lowest BCUT2D eigenvalue weighted by molar-refractivity contribution is -0.137. The predicted molar refractivity (Wildman–Crippen MR) is 88.5 cm³/mol. The van der Waals surface area contributed by atoms with E-state index in [1.807, 2.05) is 0 Å². The zero-order valence-corrected chi connectivity index (χ0v) is 14.3. The normalized spacial score (nSPS) is 11.3. The van der Waals surface area contributed by atoms with Gasteiger partial charge in [-0.15, -0.1) is 0 Å². The molecule has 0 amide bonds. The Morgan fingerprint density at radius 2 is 1.84 bits per heavy atom. The van der Waals surface area contributed by atoms with Gasteiger partial charge in [-0.2, -0.15) is 18.2 Å². The summed E-state index contributed by atoms with van der Waals surface area (Å²) in [4.78, 5) is 8.75. The highest BCUT2D eigenvalue weighted by atomic mass is 19.4. The molecule has 0 saturated carbocycles. The first-order chi connectivity index (χ1) is 11.9. The van der Waals surface area contributed by atoms with Crippen LogP contribution in [0, 0.1) is 0 Å². The lowest BCUT2D eigenvalue weighted by atomic mass is 10.2. The largest absolute Gasteiger partial charge is 0.494 e. The molecule has 2 aromatic rings. The fraction of sp³-hybridized carbons (Fsp3) is 0.412. The molecule has 2 rings (SSSR count). The van der Waals surface area contributed by atoms with E-state index in [1.165, 1.54) is 19.1 Å². The van der Waals surface area contributed by atoms with E-state index >= 15 is 0 Å². The van der Waals surface area contributed by atoms with Crippen LogP contribution in [0.15, 0.2) is 30.5 Å². The molecule has 1 aromatic heterocycles. The number of hydrogen-bond acceptors (Lipinski definition) is 5. The van der Waals surface area contributed by atoms with Gasteiger partial charge in [-0.05, 0) is 30.7 Å². The number of anilines is 2. The van der Waals surface area contributed by atoms with Crippen molar-refractivity contribution in [3.8, 4) is 11.8 Å². The number of rotatable bonds is 7. The minimum absolute atomic E-state index is 0.130. The number of benzene rings is 1. The van der Waals surface area contributed by atoms with Crippen LogP contribution in [0.1, 0.15) is 25.3 Å². The van der Waals surface area contributed by atoms with Crippen molar-refractivity contribution in [2.24, 2.45) is 0 Å². The number of unbranched alkanes of at least 4 members (excludes halogenated alkanes) is 1. The molecule has 25 heavy (non-hydrogen) atoms. The minimum Gasteiger partial charge on any atom is -0.494 e. The molecule has 8 heteroatoms. The fourth-order valence-electron chi connectivity index (χ4n) is 2.13. The van der Waals surface area contributed by atoms with Gasteiger partial charge in [0.2, 0.25) is 0 Å². The highest BCUT2D eigenvalue weighted by Gasteiger charge is 2.36. The van der Waals surface area contributed by atoms with Gasteiger partial charge in [-0.3, -0.25) is 0 Å². The average molecular weight is 355 g/mol. The van der Waals surface area contributed by atoms with Crippen LogP contribution in [0.25, 0.3) is 0 Å². The molecule has 0 radical (unpaired) electrons. The van der Waals surface area contributed by atoms with Crippen molar-refractivity contribution < 1.29 is 22.6 Å². The van der Waals surface area contributed by atoms with E-state index in [2.05, 4.69) is 16.9 Å². The molecule has 0 saturated heterocycles. The topological polar surface area (TPSA) is 47.5 Å². The molecule has 0 spiro atoms. The van der Waals surface area contributed by atoms with E-state index < -0.39 is 11.7 Å². The summed E-state index contributed by atoms with van der Waals surface area (Å²) >= 11 is 0. The first-order valence-corrected chi connectivity index (χ1v) is 7.81. The van der Waals surface area contributed by atoms with E-state index in [-0.39, 0.29) is 11.8 Å². The van der Waals surface area contributed by atoms with Gasteiger partial charge >= 0.3 is 12.2 Å². The number of hydrogen-bond donors (Lipinski definition) is 0. The highest BCUT2D eigenvalue weighted by molar-refractivity contribution is 5.63. The summed E-state index contributed by atoms with van der Waals surface area (Å²) in [6, 6.07) is 6.65. The monoisotopic (exact) mass is 355 g/mol. The first-order valence-electron chi connectivity index (χ1n) is 7.81. The fourth-order valence-corrected chi connectivity index (χ4v) is 2.13. The number of halogens is 3. The summed E-state index contributed by atoms with van der Waals surface area (Å²) in [5.74, 6) is 0.390. The number of alkyl halides is 3. The molecule has 1 aromatic carbocycles. The Balaban J connectivity index is 2.28. The molecule has 0 fully saturated rings. The lowest BCUT2D eigenvalue weighted by Crippen LogP contribution is -2.19. The van der Waals surface area contributed by atoms with Crippen molar-refractivity contribution in [3.63, 3.8) is 0 Å². The van der Waals surface area contributed by atoms with Gasteiger partial charge in [0.25, 0.3) is 0 Å². The smallest absolute Gasteiger partial charge is 0.421 e. The predicted octanol–water partition coefficient (Wildman–Crippen LogP) is 4.45. The van der Waals surface area contributed by atoms with Gasteiger partial charge in [0.15, 0.2) is 5.82 Å². The number of methoxy groups -OCH3 is 1. The standard InChI is InChI=1S/C17H20F3N3O2/c1-4-5-10-25-13-8-6-12(7-9-13)23(2)15-14(17(18,19)20)11-21-16(22-15)24-3/h6-9,11H,4-5,10H2,1-3H3. The summed E-state index contributed by atoms with van der Waals surface area (Å²) in [7, 11) is 2.80. The molecular formula is C17H20F3N3O2.